The first-order chi connectivity index (χ1) is 9.56. The molecule has 0 spiro atoms. The van der Waals surface area contributed by atoms with Crippen LogP contribution >= 0.6 is 0 Å². The van der Waals surface area contributed by atoms with Crippen LogP contribution in [0.1, 0.15) is 48.9 Å². The molecule has 1 unspecified atom stereocenters. The van der Waals surface area contributed by atoms with Gasteiger partial charge in [-0.1, -0.05) is 51.1 Å². The van der Waals surface area contributed by atoms with Gasteiger partial charge in [0.15, 0.2) is 0 Å². The number of aryl methyl sites for hydroxylation is 2. The topological polar surface area (TPSA) is 0 Å². The van der Waals surface area contributed by atoms with Crippen LogP contribution in [-0.4, -0.2) is 0 Å². The average Bonchev–Trinajstić information content (AvgIpc) is 2.46. The molecule has 2 rings (SSSR count). The van der Waals surface area contributed by atoms with Gasteiger partial charge in [-0.2, -0.15) is 0 Å². The SMILES string of the molecule is CC.Cc1ccc(CC(C)c2ccc(F)cc2)cc1C. The standard InChI is InChI=1S/C17H19F.C2H6/c1-12-4-5-15(10-13(12)2)11-14(3)16-6-8-17(18)9-7-16;1-2/h4-10,14H,11H2,1-3H3;1-2H3. The van der Waals surface area contributed by atoms with Crippen LogP contribution in [0.5, 0.6) is 0 Å². The van der Waals surface area contributed by atoms with Crippen molar-refractivity contribution >= 4 is 0 Å². The number of hydrogen-bond acceptors (Lipinski definition) is 0. The molecular formula is C19H25F. The number of halogens is 1. The Kier molecular flexibility index (Phi) is 6.44. The smallest absolute Gasteiger partial charge is 0.123 e. The molecule has 0 aliphatic heterocycles. The number of rotatable bonds is 3. The van der Waals surface area contributed by atoms with Gasteiger partial charge in [0.1, 0.15) is 5.82 Å². The van der Waals surface area contributed by atoms with Gasteiger partial charge in [0, 0.05) is 0 Å². The molecule has 0 bridgehead atoms. The Morgan fingerprint density at radius 2 is 1.50 bits per heavy atom. The maximum Gasteiger partial charge on any atom is 0.123 e. The van der Waals surface area contributed by atoms with Crippen molar-refractivity contribution in [2.45, 2.75) is 47.0 Å². The molecule has 0 fully saturated rings. The minimum Gasteiger partial charge on any atom is -0.207 e. The summed E-state index contributed by atoms with van der Waals surface area (Å²) < 4.78 is 12.9. The molecule has 2 aromatic rings. The fraction of sp³-hybridized carbons (Fsp3) is 0.368. The second kappa shape index (κ2) is 7.84. The van der Waals surface area contributed by atoms with Crippen LogP contribution in [0.2, 0.25) is 0 Å². The van der Waals surface area contributed by atoms with E-state index < -0.39 is 0 Å². The van der Waals surface area contributed by atoms with Crippen LogP contribution in [0.15, 0.2) is 42.5 Å². The molecule has 0 aromatic heterocycles. The summed E-state index contributed by atoms with van der Waals surface area (Å²) in [5, 5.41) is 0. The van der Waals surface area contributed by atoms with E-state index in [9.17, 15) is 4.39 Å². The molecule has 1 heteroatoms. The highest BCUT2D eigenvalue weighted by Crippen LogP contribution is 2.22. The molecular weight excluding hydrogens is 247 g/mol. The van der Waals surface area contributed by atoms with Crippen molar-refractivity contribution in [3.05, 3.63) is 70.5 Å². The Labute approximate surface area is 122 Å². The average molecular weight is 272 g/mol. The minimum atomic E-state index is -0.169. The molecule has 20 heavy (non-hydrogen) atoms. The highest BCUT2D eigenvalue weighted by Gasteiger charge is 2.07. The van der Waals surface area contributed by atoms with Crippen molar-refractivity contribution in [2.24, 2.45) is 0 Å². The summed E-state index contributed by atoms with van der Waals surface area (Å²) in [5.74, 6) is 0.241. The molecule has 0 nitrogen and oxygen atoms in total. The van der Waals surface area contributed by atoms with Crippen LogP contribution < -0.4 is 0 Å². The van der Waals surface area contributed by atoms with Crippen molar-refractivity contribution in [3.63, 3.8) is 0 Å². The van der Waals surface area contributed by atoms with E-state index in [1.165, 1.54) is 34.4 Å². The van der Waals surface area contributed by atoms with E-state index in [1.807, 2.05) is 26.0 Å². The van der Waals surface area contributed by atoms with Crippen molar-refractivity contribution < 1.29 is 4.39 Å². The van der Waals surface area contributed by atoms with Gasteiger partial charge >= 0.3 is 0 Å². The highest BCUT2D eigenvalue weighted by atomic mass is 19.1. The molecule has 0 aliphatic rings. The normalized spacial score (nSPS) is 11.5. The van der Waals surface area contributed by atoms with E-state index in [-0.39, 0.29) is 5.82 Å². The largest absolute Gasteiger partial charge is 0.207 e. The second-order valence-electron chi connectivity index (χ2n) is 5.08. The van der Waals surface area contributed by atoms with E-state index in [0.717, 1.165) is 6.42 Å². The first-order valence-corrected chi connectivity index (χ1v) is 7.38. The molecule has 0 saturated carbocycles. The van der Waals surface area contributed by atoms with E-state index in [4.69, 9.17) is 0 Å². The molecule has 0 radical (unpaired) electrons. The van der Waals surface area contributed by atoms with Crippen LogP contribution in [0.25, 0.3) is 0 Å². The zero-order valence-corrected chi connectivity index (χ0v) is 13.2. The Bertz CT molecular complexity index is 526. The predicted octanol–water partition coefficient (Wildman–Crippen LogP) is 5.81. The maximum atomic E-state index is 12.9. The van der Waals surface area contributed by atoms with Gasteiger partial charge in [0.2, 0.25) is 0 Å². The quantitative estimate of drug-likeness (QED) is 0.661. The van der Waals surface area contributed by atoms with Gasteiger partial charge in [-0.05, 0) is 60.6 Å². The molecule has 0 heterocycles. The molecule has 0 saturated heterocycles. The number of benzene rings is 2. The van der Waals surface area contributed by atoms with Gasteiger partial charge < -0.3 is 0 Å². The third-order valence-electron chi connectivity index (χ3n) is 3.55. The molecule has 2 aromatic carbocycles. The van der Waals surface area contributed by atoms with Gasteiger partial charge in [-0.3, -0.25) is 0 Å². The van der Waals surface area contributed by atoms with E-state index in [0.29, 0.717) is 5.92 Å². The fourth-order valence-electron chi connectivity index (χ4n) is 2.19. The minimum absolute atomic E-state index is 0.169. The first kappa shape index (κ1) is 16.4. The molecule has 108 valence electrons. The maximum absolute atomic E-state index is 12.9. The lowest BCUT2D eigenvalue weighted by Gasteiger charge is -2.13. The third kappa shape index (κ3) is 4.48. The van der Waals surface area contributed by atoms with Crippen molar-refractivity contribution in [1.82, 2.24) is 0 Å². The van der Waals surface area contributed by atoms with Crippen molar-refractivity contribution in [3.8, 4) is 0 Å². The zero-order valence-electron chi connectivity index (χ0n) is 13.2. The Morgan fingerprint density at radius 1 is 0.900 bits per heavy atom. The van der Waals surface area contributed by atoms with Gasteiger partial charge in [-0.25, -0.2) is 4.39 Å². The summed E-state index contributed by atoms with van der Waals surface area (Å²) in [4.78, 5) is 0. The predicted molar refractivity (Wildman–Crippen MR) is 85.8 cm³/mol. The first-order valence-electron chi connectivity index (χ1n) is 7.38. The van der Waals surface area contributed by atoms with E-state index in [1.54, 1.807) is 0 Å². The number of hydrogen-bond donors (Lipinski definition) is 0. The summed E-state index contributed by atoms with van der Waals surface area (Å²) in [5.41, 5.74) is 5.19. The van der Waals surface area contributed by atoms with Crippen LogP contribution in [0.4, 0.5) is 4.39 Å². The molecule has 0 amide bonds. The lowest BCUT2D eigenvalue weighted by molar-refractivity contribution is 0.625. The molecule has 1 atom stereocenters. The van der Waals surface area contributed by atoms with E-state index in [2.05, 4.69) is 39.0 Å². The summed E-state index contributed by atoms with van der Waals surface area (Å²) in [7, 11) is 0. The second-order valence-corrected chi connectivity index (χ2v) is 5.08. The fourth-order valence-corrected chi connectivity index (χ4v) is 2.19. The van der Waals surface area contributed by atoms with Crippen LogP contribution in [0, 0.1) is 19.7 Å². The lowest BCUT2D eigenvalue weighted by Crippen LogP contribution is -1.99. The van der Waals surface area contributed by atoms with Gasteiger partial charge in [0.25, 0.3) is 0 Å². The lowest BCUT2D eigenvalue weighted by atomic mass is 9.92. The van der Waals surface area contributed by atoms with Crippen molar-refractivity contribution in [2.75, 3.05) is 0 Å². The molecule has 0 aliphatic carbocycles. The van der Waals surface area contributed by atoms with Crippen LogP contribution in [0.3, 0.4) is 0 Å². The monoisotopic (exact) mass is 272 g/mol. The summed E-state index contributed by atoms with van der Waals surface area (Å²) >= 11 is 0. The zero-order chi connectivity index (χ0) is 15.1. The van der Waals surface area contributed by atoms with E-state index >= 15 is 0 Å². The Balaban J connectivity index is 0.000000956. The Morgan fingerprint density at radius 3 is 2.05 bits per heavy atom. The van der Waals surface area contributed by atoms with Crippen LogP contribution in [-0.2, 0) is 6.42 Å². The third-order valence-corrected chi connectivity index (χ3v) is 3.55. The summed E-state index contributed by atoms with van der Waals surface area (Å²) in [6, 6.07) is 13.4. The Hall–Kier alpha value is -1.63. The summed E-state index contributed by atoms with van der Waals surface area (Å²) in [6.45, 7) is 10.5. The van der Waals surface area contributed by atoms with Gasteiger partial charge in [-0.15, -0.1) is 0 Å². The van der Waals surface area contributed by atoms with Gasteiger partial charge in [0.05, 0.1) is 0 Å². The van der Waals surface area contributed by atoms with Crippen molar-refractivity contribution in [1.29, 1.82) is 0 Å². The summed E-state index contributed by atoms with van der Waals surface area (Å²) in [6.07, 6.45) is 0.993. The highest BCUT2D eigenvalue weighted by molar-refractivity contribution is 5.31. The molecule has 0 N–H and O–H groups in total.